The number of phenolic OH excluding ortho intramolecular Hbond substituents is 1. The van der Waals surface area contributed by atoms with E-state index in [1.807, 2.05) is 25.1 Å². The number of carbonyl (C=O) groups is 1. The van der Waals surface area contributed by atoms with Gasteiger partial charge in [0.2, 0.25) is 5.91 Å². The Kier molecular flexibility index (Phi) is 5.46. The molecule has 0 aliphatic carbocycles. The minimum Gasteiger partial charge on any atom is -0.508 e. The van der Waals surface area contributed by atoms with Crippen LogP contribution in [0.25, 0.3) is 0 Å². The maximum absolute atomic E-state index is 12.1. The molecular weight excluding hydrogens is 294 g/mol. The van der Waals surface area contributed by atoms with Crippen molar-refractivity contribution in [1.29, 1.82) is 0 Å². The molecule has 0 heterocycles. The third-order valence-electron chi connectivity index (χ3n) is 3.57. The molecule has 0 saturated carbocycles. The topological polar surface area (TPSA) is 67.8 Å². The third kappa shape index (κ3) is 4.39. The molecule has 0 fully saturated rings. The molecule has 122 valence electrons. The predicted molar refractivity (Wildman–Crippen MR) is 89.3 cm³/mol. The Morgan fingerprint density at radius 1 is 1.09 bits per heavy atom. The first kappa shape index (κ1) is 16.7. The number of nitrogens with one attached hydrogen (secondary N) is 1. The second kappa shape index (κ2) is 7.54. The van der Waals surface area contributed by atoms with Gasteiger partial charge < -0.3 is 19.9 Å². The first-order valence-corrected chi connectivity index (χ1v) is 7.34. The number of phenols is 1. The van der Waals surface area contributed by atoms with Gasteiger partial charge in [-0.05, 0) is 54.8 Å². The van der Waals surface area contributed by atoms with Crippen LogP contribution >= 0.6 is 0 Å². The van der Waals surface area contributed by atoms with Gasteiger partial charge in [-0.15, -0.1) is 0 Å². The van der Waals surface area contributed by atoms with E-state index in [0.29, 0.717) is 30.0 Å². The smallest absolute Gasteiger partial charge is 0.224 e. The molecule has 5 heteroatoms. The zero-order valence-electron chi connectivity index (χ0n) is 13.6. The number of hydrogen-bond donors (Lipinski definition) is 2. The number of carbonyl (C=O) groups excluding carboxylic acids is 1. The molecule has 0 aliphatic rings. The van der Waals surface area contributed by atoms with Gasteiger partial charge in [-0.1, -0.05) is 6.07 Å². The van der Waals surface area contributed by atoms with Crippen LogP contribution in [0.5, 0.6) is 17.2 Å². The van der Waals surface area contributed by atoms with E-state index in [1.165, 1.54) is 0 Å². The number of ether oxygens (including phenoxy) is 2. The zero-order chi connectivity index (χ0) is 16.8. The standard InChI is InChI=1S/C18H21NO4/c1-12-10-14(20)6-7-15(12)19-18(21)9-5-13-4-8-16(22-2)17(11-13)23-3/h4,6-8,10-11,20H,5,9H2,1-3H3,(H,19,21). The molecule has 0 spiro atoms. The van der Waals surface area contributed by atoms with Crippen LogP contribution in [-0.2, 0) is 11.2 Å². The fourth-order valence-corrected chi connectivity index (χ4v) is 2.29. The molecule has 1 amide bonds. The SMILES string of the molecule is COc1ccc(CCC(=O)Nc2ccc(O)cc2C)cc1OC. The number of methoxy groups -OCH3 is 2. The van der Waals surface area contributed by atoms with E-state index in [9.17, 15) is 9.90 Å². The maximum atomic E-state index is 12.1. The highest BCUT2D eigenvalue weighted by molar-refractivity contribution is 5.91. The lowest BCUT2D eigenvalue weighted by molar-refractivity contribution is -0.116. The van der Waals surface area contributed by atoms with Gasteiger partial charge in [0.1, 0.15) is 5.75 Å². The summed E-state index contributed by atoms with van der Waals surface area (Å²) in [5.74, 6) is 1.43. The number of hydrogen-bond acceptors (Lipinski definition) is 4. The highest BCUT2D eigenvalue weighted by atomic mass is 16.5. The van der Waals surface area contributed by atoms with Crippen molar-refractivity contribution in [2.75, 3.05) is 19.5 Å². The molecule has 0 radical (unpaired) electrons. The summed E-state index contributed by atoms with van der Waals surface area (Å²) in [6.45, 7) is 1.84. The lowest BCUT2D eigenvalue weighted by atomic mass is 10.1. The van der Waals surface area contributed by atoms with Gasteiger partial charge >= 0.3 is 0 Å². The van der Waals surface area contributed by atoms with Crippen molar-refractivity contribution >= 4 is 11.6 Å². The summed E-state index contributed by atoms with van der Waals surface area (Å²) < 4.78 is 10.5. The van der Waals surface area contributed by atoms with Crippen LogP contribution in [0.4, 0.5) is 5.69 Å². The molecule has 2 aromatic rings. The van der Waals surface area contributed by atoms with Crippen LogP contribution in [0.1, 0.15) is 17.5 Å². The minimum atomic E-state index is -0.0754. The van der Waals surface area contributed by atoms with Gasteiger partial charge in [0.05, 0.1) is 14.2 Å². The Bertz CT molecular complexity index is 697. The average molecular weight is 315 g/mol. The Morgan fingerprint density at radius 2 is 1.83 bits per heavy atom. The Labute approximate surface area is 135 Å². The summed E-state index contributed by atoms with van der Waals surface area (Å²) in [4.78, 5) is 12.1. The Hall–Kier alpha value is -2.69. The quantitative estimate of drug-likeness (QED) is 0.803. The second-order valence-corrected chi connectivity index (χ2v) is 5.24. The van der Waals surface area contributed by atoms with E-state index < -0.39 is 0 Å². The molecule has 0 unspecified atom stereocenters. The number of rotatable bonds is 6. The van der Waals surface area contributed by atoms with Gasteiger partial charge in [-0.2, -0.15) is 0 Å². The fourth-order valence-electron chi connectivity index (χ4n) is 2.29. The van der Waals surface area contributed by atoms with E-state index in [0.717, 1.165) is 11.1 Å². The summed E-state index contributed by atoms with van der Waals surface area (Å²) >= 11 is 0. The summed E-state index contributed by atoms with van der Waals surface area (Å²) in [5, 5.41) is 12.2. The average Bonchev–Trinajstić information content (AvgIpc) is 2.55. The van der Waals surface area contributed by atoms with Gasteiger partial charge in [-0.3, -0.25) is 4.79 Å². The molecule has 5 nitrogen and oxygen atoms in total. The maximum Gasteiger partial charge on any atom is 0.224 e. The van der Waals surface area contributed by atoms with Crippen LogP contribution in [-0.4, -0.2) is 25.2 Å². The molecule has 2 N–H and O–H groups in total. The number of amides is 1. The van der Waals surface area contributed by atoms with Crippen molar-refractivity contribution in [3.05, 3.63) is 47.5 Å². The van der Waals surface area contributed by atoms with Crippen LogP contribution in [0.2, 0.25) is 0 Å². The molecule has 0 saturated heterocycles. The Balaban J connectivity index is 1.96. The Morgan fingerprint density at radius 3 is 2.48 bits per heavy atom. The number of benzene rings is 2. The molecule has 0 aromatic heterocycles. The molecule has 0 aliphatic heterocycles. The van der Waals surface area contributed by atoms with Gasteiger partial charge in [-0.25, -0.2) is 0 Å². The third-order valence-corrected chi connectivity index (χ3v) is 3.57. The van der Waals surface area contributed by atoms with Crippen LogP contribution in [0, 0.1) is 6.92 Å². The number of aryl methyl sites for hydroxylation is 2. The highest BCUT2D eigenvalue weighted by Gasteiger charge is 2.08. The monoisotopic (exact) mass is 315 g/mol. The van der Waals surface area contributed by atoms with Crippen molar-refractivity contribution in [3.8, 4) is 17.2 Å². The van der Waals surface area contributed by atoms with Crippen molar-refractivity contribution in [2.24, 2.45) is 0 Å². The summed E-state index contributed by atoms with van der Waals surface area (Å²) in [7, 11) is 3.17. The predicted octanol–water partition coefficient (Wildman–Crippen LogP) is 3.29. The lowest BCUT2D eigenvalue weighted by Crippen LogP contribution is -2.13. The van der Waals surface area contributed by atoms with Crippen molar-refractivity contribution in [1.82, 2.24) is 0 Å². The lowest BCUT2D eigenvalue weighted by Gasteiger charge is -2.10. The van der Waals surface area contributed by atoms with E-state index in [-0.39, 0.29) is 11.7 Å². The summed E-state index contributed by atoms with van der Waals surface area (Å²) in [6.07, 6.45) is 0.957. The first-order valence-electron chi connectivity index (χ1n) is 7.34. The minimum absolute atomic E-state index is 0.0754. The summed E-state index contributed by atoms with van der Waals surface area (Å²) in [5.41, 5.74) is 2.53. The van der Waals surface area contributed by atoms with Gasteiger partial charge in [0.25, 0.3) is 0 Å². The molecular formula is C18H21NO4. The normalized spacial score (nSPS) is 10.2. The van der Waals surface area contributed by atoms with Crippen molar-refractivity contribution in [3.63, 3.8) is 0 Å². The van der Waals surface area contributed by atoms with Crippen LogP contribution < -0.4 is 14.8 Å². The van der Waals surface area contributed by atoms with Crippen LogP contribution in [0.15, 0.2) is 36.4 Å². The van der Waals surface area contributed by atoms with Gasteiger partial charge in [0, 0.05) is 12.1 Å². The fraction of sp³-hybridized carbons (Fsp3) is 0.278. The largest absolute Gasteiger partial charge is 0.508 e. The van der Waals surface area contributed by atoms with Crippen LogP contribution in [0.3, 0.4) is 0 Å². The van der Waals surface area contributed by atoms with E-state index in [2.05, 4.69) is 5.32 Å². The molecule has 2 rings (SSSR count). The van der Waals surface area contributed by atoms with Crippen molar-refractivity contribution in [2.45, 2.75) is 19.8 Å². The number of anilines is 1. The van der Waals surface area contributed by atoms with Crippen molar-refractivity contribution < 1.29 is 19.4 Å². The second-order valence-electron chi connectivity index (χ2n) is 5.24. The highest BCUT2D eigenvalue weighted by Crippen LogP contribution is 2.28. The molecule has 0 bridgehead atoms. The first-order chi connectivity index (χ1) is 11.0. The van der Waals surface area contributed by atoms with Gasteiger partial charge in [0.15, 0.2) is 11.5 Å². The molecule has 0 atom stereocenters. The molecule has 2 aromatic carbocycles. The molecule has 23 heavy (non-hydrogen) atoms. The van der Waals surface area contributed by atoms with E-state index in [4.69, 9.17) is 9.47 Å². The van der Waals surface area contributed by atoms with E-state index in [1.54, 1.807) is 32.4 Å². The number of aromatic hydroxyl groups is 1. The van der Waals surface area contributed by atoms with E-state index >= 15 is 0 Å². The zero-order valence-corrected chi connectivity index (χ0v) is 13.6. The summed E-state index contributed by atoms with van der Waals surface area (Å²) in [6, 6.07) is 10.5.